The van der Waals surface area contributed by atoms with E-state index in [0.717, 1.165) is 39.0 Å². The lowest BCUT2D eigenvalue weighted by atomic mass is 10.1. The van der Waals surface area contributed by atoms with E-state index in [2.05, 4.69) is 98.2 Å². The van der Waals surface area contributed by atoms with Crippen molar-refractivity contribution < 1.29 is 0 Å². The van der Waals surface area contributed by atoms with Crippen molar-refractivity contribution in [2.75, 3.05) is 26.2 Å². The molecule has 2 aromatic carbocycles. The van der Waals surface area contributed by atoms with E-state index in [0.29, 0.717) is 12.1 Å². The van der Waals surface area contributed by atoms with Crippen LogP contribution in [0.2, 0.25) is 0 Å². The molecule has 0 aliphatic carbocycles. The summed E-state index contributed by atoms with van der Waals surface area (Å²) in [5, 5.41) is 0. The van der Waals surface area contributed by atoms with E-state index < -0.39 is 0 Å². The van der Waals surface area contributed by atoms with Crippen molar-refractivity contribution >= 4 is 0 Å². The van der Waals surface area contributed by atoms with Gasteiger partial charge in [-0.2, -0.15) is 0 Å². The number of likely N-dealkylation sites (N-methyl/N-ethyl adjacent to an activating group) is 2. The van der Waals surface area contributed by atoms with Gasteiger partial charge in [0.25, 0.3) is 0 Å². The van der Waals surface area contributed by atoms with Gasteiger partial charge in [0.1, 0.15) is 0 Å². The summed E-state index contributed by atoms with van der Waals surface area (Å²) in [6.45, 7) is 13.8. The van der Waals surface area contributed by atoms with E-state index >= 15 is 0 Å². The molecule has 0 saturated heterocycles. The van der Waals surface area contributed by atoms with Crippen molar-refractivity contribution in [3.63, 3.8) is 0 Å². The van der Waals surface area contributed by atoms with E-state index in [4.69, 9.17) is 0 Å². The summed E-state index contributed by atoms with van der Waals surface area (Å²) in [7, 11) is 0. The molecule has 26 heavy (non-hydrogen) atoms. The van der Waals surface area contributed by atoms with E-state index in [-0.39, 0.29) is 0 Å². The molecule has 2 rings (SSSR count). The average Bonchev–Trinajstić information content (AvgIpc) is 2.66. The Morgan fingerprint density at radius 2 is 0.962 bits per heavy atom. The predicted molar refractivity (Wildman–Crippen MR) is 114 cm³/mol. The van der Waals surface area contributed by atoms with Gasteiger partial charge in [-0.05, 0) is 50.9 Å². The Morgan fingerprint density at radius 1 is 0.615 bits per heavy atom. The summed E-state index contributed by atoms with van der Waals surface area (Å²) in [4.78, 5) is 5.23. The predicted octanol–water partition coefficient (Wildman–Crippen LogP) is 4.89. The maximum atomic E-state index is 2.62. The van der Waals surface area contributed by atoms with Gasteiger partial charge in [0.15, 0.2) is 0 Å². The lowest BCUT2D eigenvalue weighted by molar-refractivity contribution is 0.152. The third-order valence-electron chi connectivity index (χ3n) is 5.48. The first-order valence-corrected chi connectivity index (χ1v) is 10.2. The van der Waals surface area contributed by atoms with Crippen molar-refractivity contribution in [1.29, 1.82) is 0 Å². The normalized spacial score (nSPS) is 13.9. The average molecular weight is 353 g/mol. The number of hydrogen-bond acceptors (Lipinski definition) is 2. The van der Waals surface area contributed by atoms with Crippen LogP contribution in [0, 0.1) is 0 Å². The monoisotopic (exact) mass is 352 g/mol. The fraction of sp³-hybridized carbons (Fsp3) is 0.500. The summed E-state index contributed by atoms with van der Waals surface area (Å²) in [6.07, 6.45) is 2.25. The summed E-state index contributed by atoms with van der Waals surface area (Å²) >= 11 is 0. The molecule has 2 heteroatoms. The molecule has 0 aliphatic heterocycles. The summed E-state index contributed by atoms with van der Waals surface area (Å²) in [6, 6.07) is 22.9. The molecule has 0 bridgehead atoms. The Balaban J connectivity index is 1.86. The first-order valence-electron chi connectivity index (χ1n) is 10.2. The Hall–Kier alpha value is -1.64. The molecule has 0 radical (unpaired) electrons. The molecule has 0 aromatic heterocycles. The zero-order chi connectivity index (χ0) is 18.8. The quantitative estimate of drug-likeness (QED) is 0.568. The highest BCUT2D eigenvalue weighted by atomic mass is 15.2. The molecule has 2 nitrogen and oxygen atoms in total. The molecule has 0 saturated carbocycles. The lowest BCUT2D eigenvalue weighted by Crippen LogP contribution is -2.43. The van der Waals surface area contributed by atoms with Gasteiger partial charge in [-0.3, -0.25) is 9.80 Å². The van der Waals surface area contributed by atoms with Crippen LogP contribution in [0.4, 0.5) is 0 Å². The molecule has 0 N–H and O–H groups in total. The van der Waals surface area contributed by atoms with Crippen molar-refractivity contribution in [2.45, 2.75) is 52.6 Å². The highest BCUT2D eigenvalue weighted by Crippen LogP contribution is 2.11. The van der Waals surface area contributed by atoms with Gasteiger partial charge in [-0.15, -0.1) is 0 Å². The summed E-state index contributed by atoms with van der Waals surface area (Å²) in [5.74, 6) is 0. The van der Waals surface area contributed by atoms with Crippen molar-refractivity contribution in [3.05, 3.63) is 71.8 Å². The number of rotatable bonds is 11. The van der Waals surface area contributed by atoms with Gasteiger partial charge in [0.05, 0.1) is 0 Å². The van der Waals surface area contributed by atoms with Crippen LogP contribution in [-0.4, -0.2) is 48.1 Å². The SMILES string of the molecule is CCN(CCN(CC)[C@H](C)Cc1ccccc1)[C@H](C)Cc1ccccc1. The van der Waals surface area contributed by atoms with Gasteiger partial charge >= 0.3 is 0 Å². The van der Waals surface area contributed by atoms with Crippen molar-refractivity contribution in [3.8, 4) is 0 Å². The number of benzene rings is 2. The van der Waals surface area contributed by atoms with Crippen LogP contribution in [0.1, 0.15) is 38.8 Å². The topological polar surface area (TPSA) is 6.48 Å². The molecule has 0 heterocycles. The Kier molecular flexibility index (Phi) is 8.87. The maximum Gasteiger partial charge on any atom is 0.0112 e. The first-order chi connectivity index (χ1) is 12.6. The molecule has 2 atom stereocenters. The maximum absolute atomic E-state index is 2.62. The Morgan fingerprint density at radius 3 is 1.27 bits per heavy atom. The highest BCUT2D eigenvalue weighted by Gasteiger charge is 2.17. The fourth-order valence-electron chi connectivity index (χ4n) is 3.81. The molecule has 0 spiro atoms. The molecule has 0 aliphatic rings. The van der Waals surface area contributed by atoms with Gasteiger partial charge in [-0.25, -0.2) is 0 Å². The minimum Gasteiger partial charge on any atom is -0.299 e. The highest BCUT2D eigenvalue weighted by molar-refractivity contribution is 5.16. The largest absolute Gasteiger partial charge is 0.299 e. The van der Waals surface area contributed by atoms with Crippen LogP contribution < -0.4 is 0 Å². The number of nitrogens with zero attached hydrogens (tertiary/aromatic N) is 2. The van der Waals surface area contributed by atoms with E-state index in [1.165, 1.54) is 11.1 Å². The molecular formula is C24H36N2. The number of hydrogen-bond donors (Lipinski definition) is 0. The van der Waals surface area contributed by atoms with Crippen molar-refractivity contribution in [1.82, 2.24) is 9.80 Å². The minimum absolute atomic E-state index is 0.575. The Labute approximate surface area is 160 Å². The van der Waals surface area contributed by atoms with Crippen LogP contribution in [-0.2, 0) is 12.8 Å². The van der Waals surface area contributed by atoms with Crippen LogP contribution >= 0.6 is 0 Å². The Bertz CT molecular complexity index is 541. The molecule has 0 unspecified atom stereocenters. The minimum atomic E-state index is 0.575. The van der Waals surface area contributed by atoms with Crippen LogP contribution in [0.15, 0.2) is 60.7 Å². The molecule has 142 valence electrons. The van der Waals surface area contributed by atoms with E-state index in [1.54, 1.807) is 0 Å². The summed E-state index contributed by atoms with van der Waals surface area (Å²) in [5.41, 5.74) is 2.87. The molecular weight excluding hydrogens is 316 g/mol. The summed E-state index contributed by atoms with van der Waals surface area (Å²) < 4.78 is 0. The standard InChI is InChI=1S/C24H36N2/c1-5-25(21(3)19-23-13-9-7-10-14-23)17-18-26(6-2)22(4)20-24-15-11-8-12-16-24/h7-16,21-22H,5-6,17-20H2,1-4H3/t21-,22-/m1/s1. The molecule has 2 aromatic rings. The fourth-order valence-corrected chi connectivity index (χ4v) is 3.81. The molecule has 0 fully saturated rings. The molecule has 0 amide bonds. The van der Waals surface area contributed by atoms with Crippen LogP contribution in [0.3, 0.4) is 0 Å². The van der Waals surface area contributed by atoms with Crippen molar-refractivity contribution in [2.24, 2.45) is 0 Å². The van der Waals surface area contributed by atoms with Gasteiger partial charge in [-0.1, -0.05) is 74.5 Å². The third-order valence-corrected chi connectivity index (χ3v) is 5.48. The second-order valence-electron chi connectivity index (χ2n) is 7.33. The van der Waals surface area contributed by atoms with E-state index in [9.17, 15) is 0 Å². The van der Waals surface area contributed by atoms with Gasteiger partial charge in [0.2, 0.25) is 0 Å². The second kappa shape index (κ2) is 11.2. The first kappa shape index (κ1) is 20.7. The lowest BCUT2D eigenvalue weighted by Gasteiger charge is -2.33. The second-order valence-corrected chi connectivity index (χ2v) is 7.33. The van der Waals surface area contributed by atoms with Gasteiger partial charge in [0, 0.05) is 25.2 Å². The van der Waals surface area contributed by atoms with Crippen LogP contribution in [0.25, 0.3) is 0 Å². The van der Waals surface area contributed by atoms with Crippen LogP contribution in [0.5, 0.6) is 0 Å². The third kappa shape index (κ3) is 6.59. The van der Waals surface area contributed by atoms with Gasteiger partial charge < -0.3 is 0 Å². The smallest absolute Gasteiger partial charge is 0.0112 e. The zero-order valence-corrected chi connectivity index (χ0v) is 17.1. The van der Waals surface area contributed by atoms with E-state index in [1.807, 2.05) is 0 Å². The zero-order valence-electron chi connectivity index (χ0n) is 17.1.